The number of rotatable bonds is 13. The molecule has 0 aromatic rings. The molecular weight excluding hydrogens is 252 g/mol. The Hall–Kier alpha value is -0.260. The second kappa shape index (κ2) is 13.4. The summed E-state index contributed by atoms with van der Waals surface area (Å²) in [6, 6.07) is 0. The van der Waals surface area contributed by atoms with Crippen LogP contribution >= 0.6 is 0 Å². The lowest BCUT2D eigenvalue weighted by molar-refractivity contribution is 0.323. The van der Waals surface area contributed by atoms with E-state index in [1.165, 1.54) is 96.3 Å². The van der Waals surface area contributed by atoms with Gasteiger partial charge in [0.2, 0.25) is 0 Å². The van der Waals surface area contributed by atoms with Crippen LogP contribution in [-0.2, 0) is 0 Å². The minimum absolute atomic E-state index is 1.09. The van der Waals surface area contributed by atoms with Gasteiger partial charge < -0.3 is 0 Å². The summed E-state index contributed by atoms with van der Waals surface area (Å²) >= 11 is 0. The van der Waals surface area contributed by atoms with Crippen molar-refractivity contribution in [2.24, 2.45) is 11.8 Å². The predicted octanol–water partition coefficient (Wildman–Crippen LogP) is 7.68. The zero-order valence-electron chi connectivity index (χ0n) is 14.9. The van der Waals surface area contributed by atoms with Crippen LogP contribution in [0.2, 0.25) is 0 Å². The van der Waals surface area contributed by atoms with Crippen LogP contribution in [0, 0.1) is 11.8 Å². The maximum absolute atomic E-state index is 2.32. The SMILES string of the molecule is C/C=C/CCCCC[C@H]1CCC[C@@H]1CCCCCCCC. The molecule has 0 amide bonds. The second-order valence-electron chi connectivity index (χ2n) is 7.21. The highest BCUT2D eigenvalue weighted by molar-refractivity contribution is 4.78. The Labute approximate surface area is 134 Å². The third-order valence-corrected chi connectivity index (χ3v) is 5.43. The van der Waals surface area contributed by atoms with Gasteiger partial charge in [0.05, 0.1) is 0 Å². The van der Waals surface area contributed by atoms with Crippen LogP contribution in [0.25, 0.3) is 0 Å². The van der Waals surface area contributed by atoms with Crippen molar-refractivity contribution in [1.29, 1.82) is 0 Å². The Morgan fingerprint density at radius 1 is 0.762 bits per heavy atom. The van der Waals surface area contributed by atoms with E-state index in [9.17, 15) is 0 Å². The molecule has 0 aliphatic heterocycles. The molecule has 0 aromatic carbocycles. The molecule has 0 saturated heterocycles. The molecule has 1 fully saturated rings. The lowest BCUT2D eigenvalue weighted by Crippen LogP contribution is -2.08. The molecule has 0 radical (unpaired) electrons. The molecule has 0 unspecified atom stereocenters. The van der Waals surface area contributed by atoms with Crippen molar-refractivity contribution in [1.82, 2.24) is 0 Å². The van der Waals surface area contributed by atoms with E-state index in [1.54, 1.807) is 0 Å². The van der Waals surface area contributed by atoms with Gasteiger partial charge in [-0.1, -0.05) is 103 Å². The fourth-order valence-electron chi connectivity index (χ4n) is 4.07. The summed E-state index contributed by atoms with van der Waals surface area (Å²) in [5.74, 6) is 2.18. The second-order valence-corrected chi connectivity index (χ2v) is 7.21. The van der Waals surface area contributed by atoms with Gasteiger partial charge in [-0.05, 0) is 31.6 Å². The first kappa shape index (κ1) is 18.8. The largest absolute Gasteiger partial charge is 0.0917 e. The Morgan fingerprint density at radius 2 is 1.33 bits per heavy atom. The quantitative estimate of drug-likeness (QED) is 0.241. The molecule has 1 aliphatic rings. The van der Waals surface area contributed by atoms with E-state index in [4.69, 9.17) is 0 Å². The Morgan fingerprint density at radius 3 is 1.95 bits per heavy atom. The minimum atomic E-state index is 1.09. The molecular formula is C21H40. The van der Waals surface area contributed by atoms with Gasteiger partial charge in [0.1, 0.15) is 0 Å². The maximum atomic E-state index is 2.32. The van der Waals surface area contributed by atoms with Gasteiger partial charge in [-0.2, -0.15) is 0 Å². The van der Waals surface area contributed by atoms with Gasteiger partial charge in [-0.25, -0.2) is 0 Å². The summed E-state index contributed by atoms with van der Waals surface area (Å²) in [4.78, 5) is 0. The van der Waals surface area contributed by atoms with E-state index in [2.05, 4.69) is 26.0 Å². The summed E-state index contributed by atoms with van der Waals surface area (Å²) < 4.78 is 0. The molecule has 124 valence electrons. The lowest BCUT2D eigenvalue weighted by Gasteiger charge is -2.19. The molecule has 0 aromatic heterocycles. The highest BCUT2D eigenvalue weighted by Gasteiger charge is 2.25. The molecule has 0 spiro atoms. The first-order valence-electron chi connectivity index (χ1n) is 9.99. The molecule has 21 heavy (non-hydrogen) atoms. The number of hydrogen-bond donors (Lipinski definition) is 0. The van der Waals surface area contributed by atoms with Crippen molar-refractivity contribution in [3.05, 3.63) is 12.2 Å². The molecule has 2 atom stereocenters. The fourth-order valence-corrected chi connectivity index (χ4v) is 4.07. The van der Waals surface area contributed by atoms with Crippen LogP contribution in [-0.4, -0.2) is 0 Å². The molecule has 1 saturated carbocycles. The zero-order chi connectivity index (χ0) is 15.2. The first-order valence-corrected chi connectivity index (χ1v) is 9.99. The van der Waals surface area contributed by atoms with Crippen LogP contribution in [0.1, 0.15) is 110 Å². The van der Waals surface area contributed by atoms with Crippen molar-refractivity contribution in [3.8, 4) is 0 Å². The van der Waals surface area contributed by atoms with Crippen LogP contribution in [0.15, 0.2) is 12.2 Å². The fraction of sp³-hybridized carbons (Fsp3) is 0.905. The van der Waals surface area contributed by atoms with E-state index in [0.29, 0.717) is 0 Å². The maximum Gasteiger partial charge on any atom is -0.0351 e. The normalized spacial score (nSPS) is 22.4. The Balaban J connectivity index is 2.00. The number of allylic oxidation sites excluding steroid dienone is 2. The molecule has 0 heterocycles. The lowest BCUT2D eigenvalue weighted by atomic mass is 9.87. The Kier molecular flexibility index (Phi) is 12.0. The number of unbranched alkanes of at least 4 members (excludes halogenated alkanes) is 8. The van der Waals surface area contributed by atoms with E-state index in [1.807, 2.05) is 0 Å². The number of hydrogen-bond acceptors (Lipinski definition) is 0. The monoisotopic (exact) mass is 292 g/mol. The van der Waals surface area contributed by atoms with Crippen LogP contribution in [0.4, 0.5) is 0 Å². The summed E-state index contributed by atoms with van der Waals surface area (Å²) in [5, 5.41) is 0. The highest BCUT2D eigenvalue weighted by atomic mass is 14.3. The average Bonchev–Trinajstić information content (AvgIpc) is 2.94. The van der Waals surface area contributed by atoms with Gasteiger partial charge in [0, 0.05) is 0 Å². The molecule has 1 aliphatic carbocycles. The molecule has 0 nitrogen and oxygen atoms in total. The van der Waals surface area contributed by atoms with Crippen molar-refractivity contribution in [3.63, 3.8) is 0 Å². The summed E-state index contributed by atoms with van der Waals surface area (Å²) in [5.41, 5.74) is 0. The topological polar surface area (TPSA) is 0 Å². The van der Waals surface area contributed by atoms with Crippen LogP contribution in [0.3, 0.4) is 0 Å². The standard InChI is InChI=1S/C21H40/c1-3-5-7-9-11-13-16-20-18-15-19-21(20)17-14-12-10-8-6-4-2/h3,5,20-21H,4,6-19H2,1-2H3/b5-3+/t20-,21-/m0/s1. The van der Waals surface area contributed by atoms with E-state index in [-0.39, 0.29) is 0 Å². The Bertz CT molecular complexity index is 240. The van der Waals surface area contributed by atoms with E-state index < -0.39 is 0 Å². The van der Waals surface area contributed by atoms with E-state index in [0.717, 1.165) is 11.8 Å². The predicted molar refractivity (Wildman–Crippen MR) is 96.7 cm³/mol. The van der Waals surface area contributed by atoms with Gasteiger partial charge >= 0.3 is 0 Å². The van der Waals surface area contributed by atoms with Crippen molar-refractivity contribution in [2.45, 2.75) is 110 Å². The van der Waals surface area contributed by atoms with Crippen molar-refractivity contribution in [2.75, 3.05) is 0 Å². The molecule has 0 heteroatoms. The molecule has 1 rings (SSSR count). The van der Waals surface area contributed by atoms with Gasteiger partial charge in [0.25, 0.3) is 0 Å². The van der Waals surface area contributed by atoms with Crippen molar-refractivity contribution >= 4 is 0 Å². The average molecular weight is 293 g/mol. The molecule has 0 bridgehead atoms. The summed E-state index contributed by atoms with van der Waals surface area (Å²) in [6.07, 6.45) is 26.6. The zero-order valence-corrected chi connectivity index (χ0v) is 14.9. The van der Waals surface area contributed by atoms with Gasteiger partial charge in [0.15, 0.2) is 0 Å². The smallest absolute Gasteiger partial charge is 0.0351 e. The van der Waals surface area contributed by atoms with Crippen LogP contribution < -0.4 is 0 Å². The summed E-state index contributed by atoms with van der Waals surface area (Å²) in [6.45, 7) is 4.44. The molecule has 0 N–H and O–H groups in total. The highest BCUT2D eigenvalue weighted by Crippen LogP contribution is 2.38. The van der Waals surface area contributed by atoms with Crippen LogP contribution in [0.5, 0.6) is 0 Å². The third-order valence-electron chi connectivity index (χ3n) is 5.43. The third kappa shape index (κ3) is 9.38. The summed E-state index contributed by atoms with van der Waals surface area (Å²) in [7, 11) is 0. The van der Waals surface area contributed by atoms with Crippen molar-refractivity contribution < 1.29 is 0 Å². The van der Waals surface area contributed by atoms with Gasteiger partial charge in [-0.3, -0.25) is 0 Å². The van der Waals surface area contributed by atoms with E-state index >= 15 is 0 Å². The minimum Gasteiger partial charge on any atom is -0.0917 e. The van der Waals surface area contributed by atoms with Gasteiger partial charge in [-0.15, -0.1) is 0 Å². The first-order chi connectivity index (χ1) is 10.4.